The van der Waals surface area contributed by atoms with E-state index in [4.69, 9.17) is 4.74 Å². The highest BCUT2D eigenvalue weighted by atomic mass is 16.5. The molecule has 0 heterocycles. The average Bonchev–Trinajstić information content (AvgIpc) is 2.39. The van der Waals surface area contributed by atoms with Crippen molar-refractivity contribution < 1.29 is 14.6 Å². The number of amides is 2. The molecule has 0 radical (unpaired) electrons. The average molecular weight is 266 g/mol. The molecular formula is C14H22N2O3. The van der Waals surface area contributed by atoms with E-state index in [1.54, 1.807) is 0 Å². The minimum absolute atomic E-state index is 0.259. The summed E-state index contributed by atoms with van der Waals surface area (Å²) in [6.45, 7) is 2.73. The van der Waals surface area contributed by atoms with E-state index in [0.29, 0.717) is 13.0 Å². The number of aliphatic hydroxyl groups is 1. The largest absolute Gasteiger partial charge is 0.391 e. The molecule has 1 atom stereocenters. The Morgan fingerprint density at radius 2 is 2.16 bits per heavy atom. The van der Waals surface area contributed by atoms with E-state index in [9.17, 15) is 9.90 Å². The van der Waals surface area contributed by atoms with Gasteiger partial charge in [-0.05, 0) is 24.5 Å². The number of rotatable bonds is 7. The van der Waals surface area contributed by atoms with Crippen LogP contribution in [0.25, 0.3) is 0 Å². The Morgan fingerprint density at radius 3 is 2.84 bits per heavy atom. The second-order valence-corrected chi connectivity index (χ2v) is 4.29. The predicted molar refractivity (Wildman–Crippen MR) is 75.3 cm³/mol. The fourth-order valence-corrected chi connectivity index (χ4v) is 1.75. The van der Waals surface area contributed by atoms with E-state index in [-0.39, 0.29) is 12.6 Å². The molecule has 1 unspecified atom stereocenters. The number of nitrogens with one attached hydrogen (secondary N) is 2. The summed E-state index contributed by atoms with van der Waals surface area (Å²) in [7, 11) is 1.53. The zero-order valence-electron chi connectivity index (χ0n) is 11.5. The van der Waals surface area contributed by atoms with Crippen LogP contribution in [0.1, 0.15) is 18.9 Å². The Hall–Kier alpha value is -1.59. The lowest BCUT2D eigenvalue weighted by Crippen LogP contribution is -2.32. The first-order chi connectivity index (χ1) is 9.17. The fraction of sp³-hybridized carbons (Fsp3) is 0.500. The molecule has 0 saturated carbocycles. The molecular weight excluding hydrogens is 244 g/mol. The number of carbonyl (C=O) groups is 1. The highest BCUT2D eigenvalue weighted by Gasteiger charge is 2.06. The number of ether oxygens (including phenoxy) is 1. The zero-order chi connectivity index (χ0) is 14.1. The van der Waals surface area contributed by atoms with Crippen molar-refractivity contribution in [2.45, 2.75) is 25.9 Å². The zero-order valence-corrected chi connectivity index (χ0v) is 11.5. The molecule has 1 aromatic rings. The van der Waals surface area contributed by atoms with Crippen LogP contribution in [-0.4, -0.2) is 37.5 Å². The van der Waals surface area contributed by atoms with Gasteiger partial charge in [0, 0.05) is 19.3 Å². The molecule has 5 nitrogen and oxygen atoms in total. The van der Waals surface area contributed by atoms with Crippen LogP contribution in [-0.2, 0) is 11.2 Å². The second-order valence-electron chi connectivity index (χ2n) is 4.29. The monoisotopic (exact) mass is 266 g/mol. The summed E-state index contributed by atoms with van der Waals surface area (Å²) in [6.07, 6.45) is 0.785. The van der Waals surface area contributed by atoms with Gasteiger partial charge in [-0.25, -0.2) is 4.79 Å². The topological polar surface area (TPSA) is 70.6 Å². The lowest BCUT2D eigenvalue weighted by atomic mass is 10.1. The Morgan fingerprint density at radius 1 is 1.42 bits per heavy atom. The van der Waals surface area contributed by atoms with Crippen LogP contribution in [0.3, 0.4) is 0 Å². The normalized spacial score (nSPS) is 11.9. The first-order valence-corrected chi connectivity index (χ1v) is 6.47. The number of aryl methyl sites for hydroxylation is 1. The van der Waals surface area contributed by atoms with E-state index in [1.807, 2.05) is 31.2 Å². The molecule has 0 bridgehead atoms. The Bertz CT molecular complexity index is 396. The molecule has 0 saturated heterocycles. The number of hydrogen-bond donors (Lipinski definition) is 3. The molecule has 106 valence electrons. The quantitative estimate of drug-likeness (QED) is 0.704. The van der Waals surface area contributed by atoms with Gasteiger partial charge in [0.1, 0.15) is 0 Å². The van der Waals surface area contributed by atoms with Crippen LogP contribution in [0.15, 0.2) is 24.3 Å². The number of benzene rings is 1. The van der Waals surface area contributed by atoms with Crippen molar-refractivity contribution in [2.75, 3.05) is 25.6 Å². The van der Waals surface area contributed by atoms with Crippen molar-refractivity contribution in [1.82, 2.24) is 5.32 Å². The molecule has 0 aliphatic heterocycles. The minimum atomic E-state index is -0.548. The molecule has 0 aliphatic rings. The lowest BCUT2D eigenvalue weighted by Gasteiger charge is -2.12. The summed E-state index contributed by atoms with van der Waals surface area (Å²) in [5.74, 6) is 0. The maximum Gasteiger partial charge on any atom is 0.319 e. The van der Waals surface area contributed by atoms with Gasteiger partial charge in [0.25, 0.3) is 0 Å². The molecule has 0 spiro atoms. The van der Waals surface area contributed by atoms with E-state index < -0.39 is 6.10 Å². The summed E-state index contributed by atoms with van der Waals surface area (Å²) in [4.78, 5) is 11.7. The van der Waals surface area contributed by atoms with Gasteiger partial charge in [0.15, 0.2) is 0 Å². The summed E-state index contributed by atoms with van der Waals surface area (Å²) >= 11 is 0. The third-order valence-electron chi connectivity index (χ3n) is 2.77. The van der Waals surface area contributed by atoms with Crippen LogP contribution < -0.4 is 10.6 Å². The summed E-state index contributed by atoms with van der Waals surface area (Å²) in [5, 5.41) is 14.9. The number of methoxy groups -OCH3 is 1. The van der Waals surface area contributed by atoms with Gasteiger partial charge in [0.2, 0.25) is 0 Å². The van der Waals surface area contributed by atoms with Crippen LogP contribution >= 0.6 is 0 Å². The van der Waals surface area contributed by atoms with Crippen LogP contribution in [0.5, 0.6) is 0 Å². The fourth-order valence-electron chi connectivity index (χ4n) is 1.75. The van der Waals surface area contributed by atoms with Gasteiger partial charge in [-0.1, -0.05) is 25.1 Å². The Kier molecular flexibility index (Phi) is 6.92. The molecule has 0 aliphatic carbocycles. The van der Waals surface area contributed by atoms with Gasteiger partial charge in [-0.15, -0.1) is 0 Å². The van der Waals surface area contributed by atoms with Gasteiger partial charge < -0.3 is 20.5 Å². The molecule has 0 fully saturated rings. The van der Waals surface area contributed by atoms with Gasteiger partial charge in [-0.3, -0.25) is 0 Å². The van der Waals surface area contributed by atoms with E-state index in [2.05, 4.69) is 10.6 Å². The number of hydrogen-bond acceptors (Lipinski definition) is 3. The first kappa shape index (κ1) is 15.5. The number of para-hydroxylation sites is 1. The molecule has 1 aromatic carbocycles. The maximum atomic E-state index is 11.7. The highest BCUT2D eigenvalue weighted by molar-refractivity contribution is 5.90. The molecule has 2 amide bonds. The van der Waals surface area contributed by atoms with Crippen LogP contribution in [0, 0.1) is 0 Å². The molecule has 1 rings (SSSR count). The van der Waals surface area contributed by atoms with Crippen LogP contribution in [0.4, 0.5) is 10.5 Å². The third kappa shape index (κ3) is 5.72. The molecule has 19 heavy (non-hydrogen) atoms. The second kappa shape index (κ2) is 8.50. The van der Waals surface area contributed by atoms with Crippen molar-refractivity contribution in [3.05, 3.63) is 29.8 Å². The van der Waals surface area contributed by atoms with Crippen molar-refractivity contribution in [1.29, 1.82) is 0 Å². The van der Waals surface area contributed by atoms with Crippen molar-refractivity contribution in [2.24, 2.45) is 0 Å². The van der Waals surface area contributed by atoms with Crippen LogP contribution in [0.2, 0.25) is 0 Å². The van der Waals surface area contributed by atoms with E-state index in [0.717, 1.165) is 17.7 Å². The minimum Gasteiger partial charge on any atom is -0.391 e. The van der Waals surface area contributed by atoms with Crippen molar-refractivity contribution in [3.8, 4) is 0 Å². The number of carbonyl (C=O) groups excluding carboxylic acids is 1. The Balaban J connectivity index is 2.35. The predicted octanol–water partition coefficient (Wildman–Crippen LogP) is 1.77. The first-order valence-electron chi connectivity index (χ1n) is 6.47. The SMILES string of the molecule is CCc1ccccc1NC(=O)NCCC(O)COC. The highest BCUT2D eigenvalue weighted by Crippen LogP contribution is 2.14. The molecule has 0 aromatic heterocycles. The number of urea groups is 1. The van der Waals surface area contributed by atoms with Crippen molar-refractivity contribution in [3.63, 3.8) is 0 Å². The number of aliphatic hydroxyl groups excluding tert-OH is 1. The van der Waals surface area contributed by atoms with E-state index >= 15 is 0 Å². The van der Waals surface area contributed by atoms with E-state index in [1.165, 1.54) is 7.11 Å². The summed E-state index contributed by atoms with van der Waals surface area (Å²) < 4.78 is 4.81. The van der Waals surface area contributed by atoms with Crippen molar-refractivity contribution >= 4 is 11.7 Å². The molecule has 3 N–H and O–H groups in total. The molecule has 5 heteroatoms. The van der Waals surface area contributed by atoms with Gasteiger partial charge in [0.05, 0.1) is 12.7 Å². The standard InChI is InChI=1S/C14H22N2O3/c1-3-11-6-4-5-7-13(11)16-14(18)15-9-8-12(17)10-19-2/h4-7,12,17H,3,8-10H2,1-2H3,(H2,15,16,18). The third-order valence-corrected chi connectivity index (χ3v) is 2.77. The number of anilines is 1. The smallest absolute Gasteiger partial charge is 0.319 e. The van der Waals surface area contributed by atoms with Gasteiger partial charge in [-0.2, -0.15) is 0 Å². The lowest BCUT2D eigenvalue weighted by molar-refractivity contribution is 0.0599. The maximum absolute atomic E-state index is 11.7. The summed E-state index contributed by atoms with van der Waals surface area (Å²) in [5.41, 5.74) is 1.91. The Labute approximate surface area is 114 Å². The van der Waals surface area contributed by atoms with Gasteiger partial charge >= 0.3 is 6.03 Å². The summed E-state index contributed by atoms with van der Waals surface area (Å²) in [6, 6.07) is 7.43.